The van der Waals surface area contributed by atoms with Crippen molar-refractivity contribution in [1.82, 2.24) is 17.6 Å². The highest BCUT2D eigenvalue weighted by Crippen LogP contribution is 2.54. The standard InChI is InChI=1S/4C32H17NS2/c1-2-8-19-18(7-1)17-33-27-14-25-21-10-4-6-12-29(21)34-30(25)15-23(27)22-13-24-20-9-3-5-11-28(20)35-31(24)16-26(22)32(19)33;1-2-8-19-18(7-1)17-33-24-15-13-21-20-9-3-5-11-25(20)35-32(21)28(24)23-14-16-27-29(30(23)31(19)33)22-10-4-6-12-26(22)34-27;1-2-8-19-18(7-1)17-33-31(19)25-15-24-20-9-3-5-11-26(20)35-29(24)16-23(25)21-13-14-28-30(32(21)33)22-10-4-6-12-27(22)34-28;1-2-8-19-18(7-1)17-33-31(19)25-16-29-24(20-9-3-5-11-26(20)35-29)15-23(25)21-13-14-28-30(32(21)33)22-10-4-6-12-27(22)34-28/h4*1-17H. The fourth-order valence-electron chi connectivity index (χ4n) is 24.2. The monoisotopic (exact) mass is 1920 g/mol. The van der Waals surface area contributed by atoms with E-state index in [1.54, 1.807) is 0 Å². The molecule has 4 nitrogen and oxygen atoms in total. The topological polar surface area (TPSA) is 17.6 Å². The molecule has 0 saturated carbocycles. The highest BCUT2D eigenvalue weighted by molar-refractivity contribution is 7.29. The molecule has 16 heterocycles. The number of thiophene rings is 8. The van der Waals surface area contributed by atoms with E-state index in [-0.39, 0.29) is 0 Å². The summed E-state index contributed by atoms with van der Waals surface area (Å²) in [6.07, 6.45) is 9.34. The molecule has 0 saturated heterocycles. The van der Waals surface area contributed by atoms with E-state index in [1.807, 2.05) is 90.7 Å². The Morgan fingerprint density at radius 1 is 0.121 bits per heavy atom. The van der Waals surface area contributed by atoms with Crippen molar-refractivity contribution in [3.05, 3.63) is 413 Å². The van der Waals surface area contributed by atoms with Crippen molar-refractivity contribution in [3.63, 3.8) is 0 Å². The number of hydrogen-bond donors (Lipinski definition) is 0. The zero-order chi connectivity index (χ0) is 90.7. The summed E-state index contributed by atoms with van der Waals surface area (Å²) in [5.41, 5.74) is 10.4. The third-order valence-electron chi connectivity index (χ3n) is 30.2. The van der Waals surface area contributed by atoms with Crippen LogP contribution in [0, 0.1) is 0 Å². The second kappa shape index (κ2) is 29.0. The first kappa shape index (κ1) is 77.4. The maximum atomic E-state index is 2.48. The molecule has 20 aromatic carbocycles. The summed E-state index contributed by atoms with van der Waals surface area (Å²) in [5, 5.41) is 48.2. The number of aromatic nitrogens is 4. The third kappa shape index (κ3) is 10.8. The van der Waals surface area contributed by atoms with Crippen molar-refractivity contribution in [2.45, 2.75) is 0 Å². The van der Waals surface area contributed by atoms with Gasteiger partial charge in [0.05, 0.1) is 44.1 Å². The maximum absolute atomic E-state index is 2.48. The summed E-state index contributed by atoms with van der Waals surface area (Å²) < 4.78 is 31.5. The normalized spacial score (nSPS) is 12.6. The number of rotatable bonds is 0. The molecule has 648 valence electrons. The Hall–Kier alpha value is -15.7. The smallest absolute Gasteiger partial charge is 0.0628 e. The first-order valence-electron chi connectivity index (χ1n) is 47.4. The van der Waals surface area contributed by atoms with Crippen LogP contribution in [0.4, 0.5) is 0 Å². The summed E-state index contributed by atoms with van der Waals surface area (Å²) in [4.78, 5) is 0. The van der Waals surface area contributed by atoms with Gasteiger partial charge in [0.1, 0.15) is 0 Å². The fourth-order valence-corrected chi connectivity index (χ4v) is 33.3. The Morgan fingerprint density at radius 2 is 0.393 bits per heavy atom. The average Bonchev–Trinajstić information content (AvgIpc) is 1.53. The zero-order valence-corrected chi connectivity index (χ0v) is 80.8. The van der Waals surface area contributed by atoms with Gasteiger partial charge in [0.25, 0.3) is 0 Å². The lowest BCUT2D eigenvalue weighted by Crippen LogP contribution is -1.90. The van der Waals surface area contributed by atoms with Crippen LogP contribution >= 0.6 is 90.7 Å². The number of fused-ring (bicyclic) bond motifs is 60. The van der Waals surface area contributed by atoms with Crippen molar-refractivity contribution >= 4 is 404 Å². The number of nitrogens with zero attached hydrogens (tertiary/aromatic N) is 4. The summed E-state index contributed by atoms with van der Waals surface area (Å²) in [6.45, 7) is 0. The fraction of sp³-hybridized carbons (Fsp3) is 0. The van der Waals surface area contributed by atoms with Crippen molar-refractivity contribution in [2.75, 3.05) is 0 Å². The number of pyridine rings is 4. The molecule has 0 aliphatic rings. The molecule has 0 atom stereocenters. The van der Waals surface area contributed by atoms with E-state index >= 15 is 0 Å². The van der Waals surface area contributed by atoms with Crippen LogP contribution in [0.2, 0.25) is 0 Å². The maximum Gasteiger partial charge on any atom is 0.0628 e. The van der Waals surface area contributed by atoms with Crippen LogP contribution in [0.1, 0.15) is 0 Å². The second-order valence-electron chi connectivity index (χ2n) is 37.4. The third-order valence-corrected chi connectivity index (χ3v) is 39.3. The zero-order valence-electron chi connectivity index (χ0n) is 74.3. The molecule has 0 amide bonds. The first-order valence-corrected chi connectivity index (χ1v) is 54.0. The van der Waals surface area contributed by atoms with Gasteiger partial charge in [-0.1, -0.05) is 267 Å². The highest BCUT2D eigenvalue weighted by Gasteiger charge is 2.27. The van der Waals surface area contributed by atoms with Crippen molar-refractivity contribution in [1.29, 1.82) is 0 Å². The molecule has 0 spiro atoms. The van der Waals surface area contributed by atoms with E-state index in [4.69, 9.17) is 0 Å². The van der Waals surface area contributed by atoms with Gasteiger partial charge in [0.2, 0.25) is 0 Å². The van der Waals surface area contributed by atoms with Crippen molar-refractivity contribution in [3.8, 4) is 0 Å². The molecular formula is C128H68N4S8. The highest BCUT2D eigenvalue weighted by atomic mass is 32.1. The van der Waals surface area contributed by atoms with Gasteiger partial charge in [0.15, 0.2) is 0 Å². The van der Waals surface area contributed by atoms with E-state index < -0.39 is 0 Å². The van der Waals surface area contributed by atoms with Gasteiger partial charge >= 0.3 is 0 Å². The predicted molar refractivity (Wildman–Crippen MR) is 623 cm³/mol. The van der Waals surface area contributed by atoms with Crippen molar-refractivity contribution < 1.29 is 0 Å². The molecular weight excluding hydrogens is 1850 g/mol. The molecule has 36 aromatic rings. The summed E-state index contributed by atoms with van der Waals surface area (Å²) in [7, 11) is 0. The SMILES string of the molecule is c1ccc2c(c1)cn1c2c2cc3c(cc2c2ccc4sc5ccccc5c4c21)sc1ccccc13.c1ccc2c(c1)cn1c2c2cc3sc4ccccc4c3cc2c2ccc3sc4ccccc4c3c21.c1ccc2c(c1)cn1c3cc4c(cc3c3cc5c(cc3c21)sc1ccccc15)sc1ccccc14.c1ccc2c(c1)cn1c3ccc4c5ccccc5sc4c3c3ccc4sc5ccccc5c4c3c21. The van der Waals surface area contributed by atoms with Crippen LogP contribution in [-0.2, 0) is 0 Å². The molecule has 0 fully saturated rings. The van der Waals surface area contributed by atoms with Gasteiger partial charge in [-0.2, -0.15) is 0 Å². The van der Waals surface area contributed by atoms with E-state index in [9.17, 15) is 0 Å². The van der Waals surface area contributed by atoms with Crippen LogP contribution in [-0.4, -0.2) is 17.6 Å². The lowest BCUT2D eigenvalue weighted by atomic mass is 9.98. The van der Waals surface area contributed by atoms with Gasteiger partial charge < -0.3 is 17.6 Å². The summed E-state index contributed by atoms with van der Waals surface area (Å²) in [6, 6.07) is 144. The number of benzene rings is 20. The average molecular weight is 1920 g/mol. The van der Waals surface area contributed by atoms with Gasteiger partial charge in [-0.3, -0.25) is 0 Å². The molecule has 0 bridgehead atoms. The molecule has 140 heavy (non-hydrogen) atoms. The van der Waals surface area contributed by atoms with Gasteiger partial charge in [0, 0.05) is 272 Å². The Morgan fingerprint density at radius 3 is 0.836 bits per heavy atom. The first-order chi connectivity index (χ1) is 69.4. The largest absolute Gasteiger partial charge is 0.315 e. The minimum absolute atomic E-state index is 1.28. The van der Waals surface area contributed by atoms with E-state index in [0.29, 0.717) is 0 Å². The Kier molecular flexibility index (Phi) is 16.0. The summed E-state index contributed by atoms with van der Waals surface area (Å²) in [5.74, 6) is 0. The van der Waals surface area contributed by atoms with Crippen LogP contribution in [0.25, 0.3) is 313 Å². The Labute approximate surface area is 826 Å². The lowest BCUT2D eigenvalue weighted by Gasteiger charge is -2.12. The van der Waals surface area contributed by atoms with Gasteiger partial charge in [-0.15, -0.1) is 90.7 Å². The number of hydrogen-bond acceptors (Lipinski definition) is 8. The van der Waals surface area contributed by atoms with Crippen LogP contribution < -0.4 is 0 Å². The second-order valence-corrected chi connectivity index (χ2v) is 46.1. The van der Waals surface area contributed by atoms with Crippen LogP contribution in [0.15, 0.2) is 413 Å². The van der Waals surface area contributed by atoms with Crippen LogP contribution in [0.5, 0.6) is 0 Å². The van der Waals surface area contributed by atoms with Gasteiger partial charge in [-0.25, -0.2) is 0 Å². The van der Waals surface area contributed by atoms with E-state index in [0.717, 1.165) is 0 Å². The lowest BCUT2D eigenvalue weighted by molar-refractivity contribution is 1.30. The molecule has 0 N–H and O–H groups in total. The molecule has 0 aliphatic carbocycles. The molecule has 0 aliphatic heterocycles. The van der Waals surface area contributed by atoms with Crippen molar-refractivity contribution in [2.24, 2.45) is 0 Å². The Bertz CT molecular complexity index is 12000. The summed E-state index contributed by atoms with van der Waals surface area (Å²) >= 11 is 15.2. The minimum Gasteiger partial charge on any atom is -0.315 e. The minimum atomic E-state index is 1.28. The molecule has 0 radical (unpaired) electrons. The molecule has 36 rings (SSSR count). The van der Waals surface area contributed by atoms with E-state index in [1.165, 1.54) is 313 Å². The Balaban J connectivity index is 0.0000000829. The molecule has 0 unspecified atom stereocenters. The quantitative estimate of drug-likeness (QED) is 0.135. The predicted octanol–water partition coefficient (Wildman–Crippen LogP) is 40.5. The van der Waals surface area contributed by atoms with Crippen LogP contribution in [0.3, 0.4) is 0 Å². The molecule has 16 aromatic heterocycles. The van der Waals surface area contributed by atoms with Gasteiger partial charge in [-0.05, 0) is 143 Å². The van der Waals surface area contributed by atoms with E-state index in [2.05, 4.69) is 431 Å². The molecule has 12 heteroatoms.